The van der Waals surface area contributed by atoms with Crippen molar-refractivity contribution in [3.8, 4) is 6.07 Å². The monoisotopic (exact) mass is 303 g/mol. The van der Waals surface area contributed by atoms with Crippen LogP contribution in [0.5, 0.6) is 0 Å². The van der Waals surface area contributed by atoms with Gasteiger partial charge >= 0.3 is 0 Å². The number of nitriles is 1. The van der Waals surface area contributed by atoms with Crippen molar-refractivity contribution in [2.45, 2.75) is 0 Å². The van der Waals surface area contributed by atoms with Crippen molar-refractivity contribution < 1.29 is 4.39 Å². The van der Waals surface area contributed by atoms with Crippen LogP contribution < -0.4 is 16.1 Å². The Balaban J connectivity index is 2.27. The third-order valence-corrected chi connectivity index (χ3v) is 3.46. The lowest BCUT2D eigenvalue weighted by Gasteiger charge is -2.35. The van der Waals surface area contributed by atoms with Crippen molar-refractivity contribution in [3.63, 3.8) is 0 Å². The molecule has 0 atom stereocenters. The largest absolute Gasteiger partial charge is 0.382 e. The number of nitrogens with two attached hydrogens (primary N) is 1. The van der Waals surface area contributed by atoms with Crippen LogP contribution in [-0.4, -0.2) is 49.7 Å². The van der Waals surface area contributed by atoms with Crippen LogP contribution in [0.1, 0.15) is 0 Å². The van der Waals surface area contributed by atoms with Gasteiger partial charge in [-0.05, 0) is 19.2 Å². The molecule has 0 amide bonds. The summed E-state index contributed by atoms with van der Waals surface area (Å²) in [4.78, 5) is 4.11. The molecule has 22 heavy (non-hydrogen) atoms. The van der Waals surface area contributed by atoms with E-state index in [2.05, 4.69) is 15.4 Å². The summed E-state index contributed by atoms with van der Waals surface area (Å²) in [7, 11) is 2.02. The van der Waals surface area contributed by atoms with Gasteiger partial charge in [0, 0.05) is 26.2 Å². The summed E-state index contributed by atoms with van der Waals surface area (Å²) in [6, 6.07) is 6.34. The zero-order valence-electron chi connectivity index (χ0n) is 12.3. The molecule has 1 aliphatic heterocycles. The molecule has 1 aromatic carbocycles. The summed E-state index contributed by atoms with van der Waals surface area (Å²) >= 11 is 0. The average molecular weight is 303 g/mol. The van der Waals surface area contributed by atoms with E-state index in [1.54, 1.807) is 18.2 Å². The lowest BCUT2D eigenvalue weighted by molar-refractivity contribution is 0.312. The van der Waals surface area contributed by atoms with Gasteiger partial charge in [-0.1, -0.05) is 6.07 Å². The van der Waals surface area contributed by atoms with Crippen LogP contribution in [0.4, 0.5) is 15.8 Å². The zero-order valence-corrected chi connectivity index (χ0v) is 12.3. The van der Waals surface area contributed by atoms with Gasteiger partial charge in [0.1, 0.15) is 11.9 Å². The van der Waals surface area contributed by atoms with E-state index in [-0.39, 0.29) is 11.5 Å². The summed E-state index contributed by atoms with van der Waals surface area (Å²) < 4.78 is 14.2. The van der Waals surface area contributed by atoms with Gasteiger partial charge < -0.3 is 15.5 Å². The second-order valence-electron chi connectivity index (χ2n) is 5.02. The molecule has 1 aliphatic rings. The Hall–Kier alpha value is -2.66. The number of halogens is 1. The molecule has 0 aliphatic carbocycles. The van der Waals surface area contributed by atoms with Crippen LogP contribution in [0.15, 0.2) is 23.3 Å². The molecule has 4 N–H and O–H groups in total. The minimum absolute atomic E-state index is 0.242. The first-order chi connectivity index (χ1) is 10.5. The summed E-state index contributed by atoms with van der Waals surface area (Å²) in [6.45, 7) is 3.09. The molecule has 2 rings (SSSR count). The number of nitrogens with zero attached hydrogens (tertiary/aromatic N) is 4. The van der Waals surface area contributed by atoms with E-state index < -0.39 is 5.84 Å². The maximum Gasteiger partial charge on any atom is 0.201 e. The highest BCUT2D eigenvalue weighted by Crippen LogP contribution is 2.30. The highest BCUT2D eigenvalue weighted by molar-refractivity contribution is 6.45. The number of likely N-dealkylation sites (N-methyl/N-ethyl adjacent to an activating group) is 1. The van der Waals surface area contributed by atoms with E-state index in [1.807, 2.05) is 11.9 Å². The predicted octanol–water partition coefficient (Wildman–Crippen LogP) is 0.805. The van der Waals surface area contributed by atoms with Gasteiger partial charge in [0.2, 0.25) is 5.71 Å². The summed E-state index contributed by atoms with van der Waals surface area (Å²) in [5.41, 5.74) is 8.50. The standard InChI is InChI=1S/C14H18FN7/c1-21-5-7-22(8-6-21)13-10(15)3-2-4-11(13)19-20-12(9-16)14(17)18/h2-4,19H,5-8H2,1H3,(H3,17,18)/b20-12+. The zero-order chi connectivity index (χ0) is 16.1. The van der Waals surface area contributed by atoms with Crippen molar-refractivity contribution in [1.82, 2.24) is 4.90 Å². The van der Waals surface area contributed by atoms with Gasteiger partial charge in [0.15, 0.2) is 5.84 Å². The number of hydrogen-bond acceptors (Lipinski definition) is 6. The minimum atomic E-state index is -0.437. The van der Waals surface area contributed by atoms with Gasteiger partial charge in [0.25, 0.3) is 0 Å². The third kappa shape index (κ3) is 3.51. The fraction of sp³-hybridized carbons (Fsp3) is 0.357. The topological polar surface area (TPSA) is 105 Å². The van der Waals surface area contributed by atoms with Crippen molar-refractivity contribution >= 4 is 22.9 Å². The molecule has 0 bridgehead atoms. The van der Waals surface area contributed by atoms with Crippen LogP contribution in [0.3, 0.4) is 0 Å². The quantitative estimate of drug-likeness (QED) is 0.433. The van der Waals surface area contributed by atoms with E-state index in [1.165, 1.54) is 6.07 Å². The first kappa shape index (κ1) is 15.7. The molecule has 1 aromatic rings. The number of hydrazone groups is 1. The van der Waals surface area contributed by atoms with E-state index in [9.17, 15) is 4.39 Å². The highest BCUT2D eigenvalue weighted by Gasteiger charge is 2.20. The smallest absolute Gasteiger partial charge is 0.201 e. The number of benzene rings is 1. The Morgan fingerprint density at radius 1 is 1.41 bits per heavy atom. The highest BCUT2D eigenvalue weighted by atomic mass is 19.1. The Labute approximate surface area is 128 Å². The van der Waals surface area contributed by atoms with Crippen molar-refractivity contribution in [2.75, 3.05) is 43.6 Å². The lowest BCUT2D eigenvalue weighted by Crippen LogP contribution is -2.45. The number of piperazine rings is 1. The van der Waals surface area contributed by atoms with E-state index in [4.69, 9.17) is 16.4 Å². The van der Waals surface area contributed by atoms with Crippen molar-refractivity contribution in [2.24, 2.45) is 10.8 Å². The van der Waals surface area contributed by atoms with Crippen LogP contribution in [0, 0.1) is 22.6 Å². The normalized spacial score (nSPS) is 16.2. The number of rotatable bonds is 4. The Morgan fingerprint density at radius 2 is 2.09 bits per heavy atom. The molecule has 1 fully saturated rings. The molecular weight excluding hydrogens is 285 g/mol. The third-order valence-electron chi connectivity index (χ3n) is 3.46. The number of anilines is 2. The average Bonchev–Trinajstić information content (AvgIpc) is 2.49. The van der Waals surface area contributed by atoms with Crippen LogP contribution in [-0.2, 0) is 0 Å². The van der Waals surface area contributed by atoms with Gasteiger partial charge in [-0.25, -0.2) is 4.39 Å². The number of amidine groups is 1. The molecule has 0 aromatic heterocycles. The number of hydrogen-bond donors (Lipinski definition) is 3. The van der Waals surface area contributed by atoms with Crippen LogP contribution >= 0.6 is 0 Å². The molecule has 8 heteroatoms. The predicted molar refractivity (Wildman–Crippen MR) is 84.7 cm³/mol. The molecular formula is C14H18FN7. The van der Waals surface area contributed by atoms with E-state index in [0.29, 0.717) is 24.5 Å². The molecule has 0 spiro atoms. The van der Waals surface area contributed by atoms with Crippen molar-refractivity contribution in [1.29, 1.82) is 10.7 Å². The summed E-state index contributed by atoms with van der Waals surface area (Å²) in [5.74, 6) is -0.793. The van der Waals surface area contributed by atoms with E-state index in [0.717, 1.165) is 13.1 Å². The van der Waals surface area contributed by atoms with Gasteiger partial charge in [0.05, 0.1) is 11.4 Å². The second-order valence-corrected chi connectivity index (χ2v) is 5.02. The summed E-state index contributed by atoms with van der Waals surface area (Å²) in [5, 5.41) is 19.8. The fourth-order valence-corrected chi connectivity index (χ4v) is 2.22. The molecule has 0 unspecified atom stereocenters. The minimum Gasteiger partial charge on any atom is -0.382 e. The van der Waals surface area contributed by atoms with Crippen LogP contribution in [0.25, 0.3) is 0 Å². The fourth-order valence-electron chi connectivity index (χ4n) is 2.22. The van der Waals surface area contributed by atoms with E-state index >= 15 is 0 Å². The summed E-state index contributed by atoms with van der Waals surface area (Å²) in [6.07, 6.45) is 0. The molecule has 0 saturated carbocycles. The molecule has 7 nitrogen and oxygen atoms in total. The van der Waals surface area contributed by atoms with Gasteiger partial charge in [-0.2, -0.15) is 10.4 Å². The van der Waals surface area contributed by atoms with Crippen LogP contribution in [0.2, 0.25) is 0 Å². The lowest BCUT2D eigenvalue weighted by atomic mass is 10.2. The van der Waals surface area contributed by atoms with Crippen molar-refractivity contribution in [3.05, 3.63) is 24.0 Å². The second kappa shape index (κ2) is 6.87. The molecule has 116 valence electrons. The number of nitrogens with one attached hydrogen (secondary N) is 2. The first-order valence-electron chi connectivity index (χ1n) is 6.83. The number of para-hydroxylation sites is 1. The molecule has 1 saturated heterocycles. The van der Waals surface area contributed by atoms with Gasteiger partial charge in [-0.3, -0.25) is 10.8 Å². The maximum absolute atomic E-state index is 14.2. The maximum atomic E-state index is 14.2. The molecule has 0 radical (unpaired) electrons. The first-order valence-corrected chi connectivity index (χ1v) is 6.83. The Morgan fingerprint density at radius 3 is 2.68 bits per heavy atom. The Bertz CT molecular complexity index is 627. The molecule has 1 heterocycles. The SMILES string of the molecule is CN1CCN(c2c(F)cccc2N/N=C(\C#N)C(=N)N)CC1. The van der Waals surface area contributed by atoms with Gasteiger partial charge in [-0.15, -0.1) is 0 Å². The Kier molecular flexibility index (Phi) is 4.91.